The van der Waals surface area contributed by atoms with Crippen molar-refractivity contribution in [2.75, 3.05) is 26.2 Å². The monoisotopic (exact) mass is 805 g/mol. The van der Waals surface area contributed by atoms with Crippen molar-refractivity contribution in [2.24, 2.45) is 5.73 Å². The third-order valence-electron chi connectivity index (χ3n) is 8.64. The lowest BCUT2D eigenvalue weighted by atomic mass is 9.83. The molecule has 2 fully saturated rings. The number of carbonyl (C=O) groups excluding carboxylic acids is 3. The van der Waals surface area contributed by atoms with Crippen LogP contribution in [0.3, 0.4) is 0 Å². The van der Waals surface area contributed by atoms with Gasteiger partial charge < -0.3 is 80.6 Å². The molecule has 3 amide bonds. The Kier molecular flexibility index (Phi) is 16.6. The van der Waals surface area contributed by atoms with E-state index in [0.717, 1.165) is 0 Å². The van der Waals surface area contributed by atoms with Gasteiger partial charge in [-0.05, 0) is 94.6 Å². The van der Waals surface area contributed by atoms with E-state index in [1.54, 1.807) is 68.4 Å². The standard InChI is InChI=1S/C37H67N5O14/c1-34(2,3)54-31(46)39-14-13-20(43)18-40-23-15-24(42-33(48)56-36(7,8)9)28(26(45)27(23)53-30-25(44)16-37(10,49)19-50-30)52-29-22(12-11-21(17-38)51-29)41-32(47)55-35(4,5)6/h11,20,22-30,40,43-45,49H,12-19,38H2,1-10H3,(H,39,46)(H,41,47)(H,42,48)/t20-,22+,23+,24-,25+,26+,27-,28+,29+,30+,37+/m0/s1. The smallest absolute Gasteiger partial charge is 0.408 e. The van der Waals surface area contributed by atoms with Gasteiger partial charge in [-0.15, -0.1) is 0 Å². The number of hydrogen-bond donors (Lipinski definition) is 9. The van der Waals surface area contributed by atoms with Crippen LogP contribution in [0.25, 0.3) is 0 Å². The summed E-state index contributed by atoms with van der Waals surface area (Å²) in [7, 11) is 0. The summed E-state index contributed by atoms with van der Waals surface area (Å²) in [5, 5.41) is 55.8. The SMILES string of the molecule is CC(C)(C)OC(=O)NCC[C@H](O)CN[C@@H]1C[C@H](NC(=O)OC(C)(C)C)[C@@H](O[C@H]2OC(CN)=CC[C@H]2NC(=O)OC(C)(C)C)[C@H](O)[C@H]1O[C@H]1OC[C@](C)(O)C[C@H]1O. The number of nitrogens with two attached hydrogens (primary N) is 1. The highest BCUT2D eigenvalue weighted by Crippen LogP contribution is 2.33. The number of aliphatic hydroxyl groups excluding tert-OH is 3. The molecule has 3 rings (SSSR count). The summed E-state index contributed by atoms with van der Waals surface area (Å²) < 4.78 is 40.7. The van der Waals surface area contributed by atoms with Gasteiger partial charge in [0.1, 0.15) is 47.0 Å². The fourth-order valence-corrected chi connectivity index (χ4v) is 6.31. The predicted molar refractivity (Wildman–Crippen MR) is 201 cm³/mol. The van der Waals surface area contributed by atoms with Gasteiger partial charge in [0.2, 0.25) is 6.29 Å². The molecule has 0 aromatic heterocycles. The first kappa shape index (κ1) is 47.4. The van der Waals surface area contributed by atoms with Crippen molar-refractivity contribution in [3.05, 3.63) is 11.8 Å². The van der Waals surface area contributed by atoms with Crippen LogP contribution >= 0.6 is 0 Å². The molecule has 56 heavy (non-hydrogen) atoms. The zero-order valence-electron chi connectivity index (χ0n) is 34.5. The molecule has 10 N–H and O–H groups in total. The Bertz CT molecular complexity index is 1330. The first-order chi connectivity index (χ1) is 25.7. The van der Waals surface area contributed by atoms with Gasteiger partial charge in [-0.1, -0.05) is 0 Å². The van der Waals surface area contributed by atoms with Crippen molar-refractivity contribution < 1.29 is 68.0 Å². The molecule has 11 atom stereocenters. The Balaban J connectivity index is 1.91. The van der Waals surface area contributed by atoms with E-state index in [2.05, 4.69) is 21.3 Å². The first-order valence-corrected chi connectivity index (χ1v) is 19.2. The van der Waals surface area contributed by atoms with Crippen LogP contribution in [0.15, 0.2) is 11.8 Å². The second-order valence-electron chi connectivity index (χ2n) is 17.9. The molecule has 0 bridgehead atoms. The molecular weight excluding hydrogens is 738 g/mol. The number of carbonyl (C=O) groups is 3. The van der Waals surface area contributed by atoms with Gasteiger partial charge in [0.05, 0.1) is 36.9 Å². The summed E-state index contributed by atoms with van der Waals surface area (Å²) in [5.74, 6) is 0.368. The fourth-order valence-electron chi connectivity index (χ4n) is 6.31. The Hall–Kier alpha value is -3.01. The number of amides is 3. The molecule has 1 aliphatic carbocycles. The lowest BCUT2D eigenvalue weighted by Crippen LogP contribution is -2.68. The molecule has 1 saturated heterocycles. The zero-order valence-corrected chi connectivity index (χ0v) is 34.5. The fraction of sp³-hybridized carbons (Fsp3) is 0.865. The van der Waals surface area contributed by atoms with E-state index in [4.69, 9.17) is 38.9 Å². The summed E-state index contributed by atoms with van der Waals surface area (Å²) in [5.41, 5.74) is 2.20. The largest absolute Gasteiger partial charge is 0.466 e. The first-order valence-electron chi connectivity index (χ1n) is 19.2. The third kappa shape index (κ3) is 16.1. The highest BCUT2D eigenvalue weighted by Gasteiger charge is 2.51. The number of nitrogens with one attached hydrogen (secondary N) is 4. The molecule has 0 aromatic carbocycles. The molecule has 1 saturated carbocycles. The van der Waals surface area contributed by atoms with Gasteiger partial charge in [-0.25, -0.2) is 14.4 Å². The molecule has 324 valence electrons. The predicted octanol–water partition coefficient (Wildman–Crippen LogP) is 0.989. The van der Waals surface area contributed by atoms with Crippen LogP contribution in [0.4, 0.5) is 14.4 Å². The number of hydrogen-bond acceptors (Lipinski definition) is 16. The maximum absolute atomic E-state index is 13.2. The van der Waals surface area contributed by atoms with Crippen LogP contribution in [0.1, 0.15) is 94.9 Å². The van der Waals surface area contributed by atoms with Crippen molar-refractivity contribution in [1.29, 1.82) is 0 Å². The Morgan fingerprint density at radius 2 is 1.41 bits per heavy atom. The normalized spacial score (nSPS) is 31.9. The van der Waals surface area contributed by atoms with E-state index in [-0.39, 0.29) is 51.9 Å². The molecule has 19 heteroatoms. The number of alkyl carbamates (subject to hydrolysis) is 3. The quantitative estimate of drug-likeness (QED) is 0.117. The molecule has 0 unspecified atom stereocenters. The van der Waals surface area contributed by atoms with Gasteiger partial charge >= 0.3 is 18.3 Å². The zero-order chi connectivity index (χ0) is 42.2. The molecule has 3 aliphatic rings. The Labute approximate surface area is 329 Å². The summed E-state index contributed by atoms with van der Waals surface area (Å²) in [6, 6.07) is -2.63. The maximum atomic E-state index is 13.2. The number of rotatable bonds is 13. The van der Waals surface area contributed by atoms with Crippen LogP contribution in [0.5, 0.6) is 0 Å². The summed E-state index contributed by atoms with van der Waals surface area (Å²) in [6.45, 7) is 16.9. The second-order valence-corrected chi connectivity index (χ2v) is 17.9. The Morgan fingerprint density at radius 1 is 0.875 bits per heavy atom. The van der Waals surface area contributed by atoms with Gasteiger partial charge in [0.15, 0.2) is 6.29 Å². The van der Waals surface area contributed by atoms with Crippen molar-refractivity contribution in [3.63, 3.8) is 0 Å². The van der Waals surface area contributed by atoms with Crippen LogP contribution in [-0.2, 0) is 33.2 Å². The maximum Gasteiger partial charge on any atom is 0.408 e. The lowest BCUT2D eigenvalue weighted by Gasteiger charge is -2.48. The van der Waals surface area contributed by atoms with Crippen LogP contribution in [0, 0.1) is 0 Å². The number of ether oxygens (including phenoxy) is 7. The molecule has 0 spiro atoms. The molecule has 0 aromatic rings. The van der Waals surface area contributed by atoms with Crippen LogP contribution in [0.2, 0.25) is 0 Å². The highest BCUT2D eigenvalue weighted by atomic mass is 16.7. The topological polar surface area (TPSA) is 271 Å². The van der Waals surface area contributed by atoms with Gasteiger partial charge in [-0.2, -0.15) is 0 Å². The summed E-state index contributed by atoms with van der Waals surface area (Å²) >= 11 is 0. The minimum atomic E-state index is -1.58. The molecule has 2 heterocycles. The van der Waals surface area contributed by atoms with E-state index in [0.29, 0.717) is 5.76 Å². The van der Waals surface area contributed by atoms with Gasteiger partial charge in [0, 0.05) is 25.6 Å². The highest BCUT2D eigenvalue weighted by molar-refractivity contribution is 5.69. The molecule has 0 radical (unpaired) electrons. The van der Waals surface area contributed by atoms with Crippen molar-refractivity contribution in [3.8, 4) is 0 Å². The summed E-state index contributed by atoms with van der Waals surface area (Å²) in [6.07, 6.45) is -9.02. The molecule has 2 aliphatic heterocycles. The molecular formula is C37H67N5O14. The van der Waals surface area contributed by atoms with Crippen molar-refractivity contribution in [1.82, 2.24) is 21.3 Å². The van der Waals surface area contributed by atoms with E-state index < -0.39 is 102 Å². The number of aliphatic hydroxyl groups is 4. The van der Waals surface area contributed by atoms with Gasteiger partial charge in [-0.3, -0.25) is 0 Å². The van der Waals surface area contributed by atoms with Crippen LogP contribution < -0.4 is 27.0 Å². The minimum Gasteiger partial charge on any atom is -0.466 e. The van der Waals surface area contributed by atoms with Crippen LogP contribution in [-0.4, -0.2) is 149 Å². The Morgan fingerprint density at radius 3 is 1.96 bits per heavy atom. The van der Waals surface area contributed by atoms with E-state index in [1.165, 1.54) is 6.92 Å². The van der Waals surface area contributed by atoms with E-state index >= 15 is 0 Å². The van der Waals surface area contributed by atoms with E-state index in [9.17, 15) is 34.8 Å². The minimum absolute atomic E-state index is 0.0137. The lowest BCUT2D eigenvalue weighted by molar-refractivity contribution is -0.298. The van der Waals surface area contributed by atoms with E-state index in [1.807, 2.05) is 0 Å². The van der Waals surface area contributed by atoms with Crippen molar-refractivity contribution >= 4 is 18.3 Å². The average molecular weight is 806 g/mol. The second kappa shape index (κ2) is 19.6. The van der Waals surface area contributed by atoms with Gasteiger partial charge in [0.25, 0.3) is 0 Å². The van der Waals surface area contributed by atoms with Crippen molar-refractivity contribution in [2.45, 2.75) is 179 Å². The molecule has 19 nitrogen and oxygen atoms in total. The summed E-state index contributed by atoms with van der Waals surface area (Å²) in [4.78, 5) is 38.2. The average Bonchev–Trinajstić information content (AvgIpc) is 3.02. The third-order valence-corrected chi connectivity index (χ3v) is 8.64.